The lowest BCUT2D eigenvalue weighted by molar-refractivity contribution is -0.384. The zero-order chi connectivity index (χ0) is 17.9. The van der Waals surface area contributed by atoms with Crippen LogP contribution in [0.25, 0.3) is 0 Å². The van der Waals surface area contributed by atoms with E-state index >= 15 is 0 Å². The Kier molecular flexibility index (Phi) is 5.36. The number of sulfonamides is 1. The van der Waals surface area contributed by atoms with Crippen molar-refractivity contribution in [3.63, 3.8) is 0 Å². The van der Waals surface area contributed by atoms with Gasteiger partial charge in [0.1, 0.15) is 5.69 Å². The zero-order valence-corrected chi connectivity index (χ0v) is 14.6. The molecule has 8 nitrogen and oxygen atoms in total. The average molecular weight is 367 g/mol. The van der Waals surface area contributed by atoms with Gasteiger partial charge in [-0.25, -0.2) is 8.42 Å². The maximum atomic E-state index is 12.7. The quantitative estimate of drug-likeness (QED) is 0.486. The first-order valence-corrected chi connectivity index (χ1v) is 9.70. The number of nitrogens with one attached hydrogen (secondary N) is 1. The Bertz CT molecular complexity index is 772. The lowest BCUT2D eigenvalue weighted by atomic mass is 10.0. The van der Waals surface area contributed by atoms with Gasteiger partial charge >= 0.3 is 0 Å². The first kappa shape index (κ1) is 17.8. The van der Waals surface area contributed by atoms with Gasteiger partial charge in [0.2, 0.25) is 10.0 Å². The maximum Gasteiger partial charge on any atom is 0.293 e. The largest absolute Gasteiger partial charge is 0.379 e. The van der Waals surface area contributed by atoms with E-state index in [-0.39, 0.29) is 29.7 Å². The molecular formula is C16H21N3O5S. The SMILES string of the molecule is O=[N+]([O-])c1cc(S(=O)(=O)N2CCOCC2)ccc1NC1CC=CCC1. The van der Waals surface area contributed by atoms with Crippen LogP contribution in [0.2, 0.25) is 0 Å². The third kappa shape index (κ3) is 4.00. The number of hydrogen-bond donors (Lipinski definition) is 1. The summed E-state index contributed by atoms with van der Waals surface area (Å²) >= 11 is 0. The molecule has 1 saturated heterocycles. The number of hydrogen-bond acceptors (Lipinski definition) is 6. The minimum absolute atomic E-state index is 0.0600. The highest BCUT2D eigenvalue weighted by Gasteiger charge is 2.29. The summed E-state index contributed by atoms with van der Waals surface area (Å²) in [6.45, 7) is 1.17. The summed E-state index contributed by atoms with van der Waals surface area (Å²) in [5, 5.41) is 14.6. The van der Waals surface area contributed by atoms with Gasteiger partial charge in [0.25, 0.3) is 5.69 Å². The molecule has 0 aromatic heterocycles. The number of nitrogens with zero attached hydrogens (tertiary/aromatic N) is 2. The maximum absolute atomic E-state index is 12.7. The Morgan fingerprint density at radius 1 is 1.24 bits per heavy atom. The molecule has 0 bridgehead atoms. The van der Waals surface area contributed by atoms with Gasteiger partial charge in [0.05, 0.1) is 23.0 Å². The predicted molar refractivity (Wildman–Crippen MR) is 93.1 cm³/mol. The van der Waals surface area contributed by atoms with E-state index in [1.807, 2.05) is 6.08 Å². The molecule has 1 aromatic carbocycles. The second kappa shape index (κ2) is 7.51. The highest BCUT2D eigenvalue weighted by atomic mass is 32.2. The summed E-state index contributed by atoms with van der Waals surface area (Å²) < 4.78 is 31.8. The lowest BCUT2D eigenvalue weighted by Gasteiger charge is -2.26. The number of ether oxygens (including phenoxy) is 1. The number of nitro benzene ring substituents is 1. The van der Waals surface area contributed by atoms with Crippen LogP contribution in [0, 0.1) is 10.1 Å². The molecular weight excluding hydrogens is 346 g/mol. The molecule has 3 rings (SSSR count). The van der Waals surface area contributed by atoms with Gasteiger partial charge in [0.15, 0.2) is 0 Å². The van der Waals surface area contributed by atoms with Crippen LogP contribution in [-0.4, -0.2) is 50.0 Å². The Labute approximate surface area is 146 Å². The predicted octanol–water partition coefficient (Wildman–Crippen LogP) is 2.14. The van der Waals surface area contributed by atoms with Gasteiger partial charge in [-0.15, -0.1) is 0 Å². The third-order valence-electron chi connectivity index (χ3n) is 4.40. The summed E-state index contributed by atoms with van der Waals surface area (Å²) in [5.74, 6) is 0. The summed E-state index contributed by atoms with van der Waals surface area (Å²) in [6.07, 6.45) is 6.75. The second-order valence-corrected chi connectivity index (χ2v) is 8.02. The van der Waals surface area contributed by atoms with Crippen molar-refractivity contribution in [2.45, 2.75) is 30.2 Å². The summed E-state index contributed by atoms with van der Waals surface area (Å²) in [6, 6.07) is 4.18. The fraction of sp³-hybridized carbons (Fsp3) is 0.500. The Hall–Kier alpha value is -1.97. The molecule has 1 unspecified atom stereocenters. The van der Waals surface area contributed by atoms with Crippen molar-refractivity contribution in [3.05, 3.63) is 40.5 Å². The first-order valence-electron chi connectivity index (χ1n) is 8.26. The van der Waals surface area contributed by atoms with Gasteiger partial charge < -0.3 is 10.1 Å². The van der Waals surface area contributed by atoms with E-state index in [2.05, 4.69) is 11.4 Å². The van der Waals surface area contributed by atoms with E-state index in [0.29, 0.717) is 18.9 Å². The number of morpholine rings is 1. The van der Waals surface area contributed by atoms with Crippen molar-refractivity contribution >= 4 is 21.4 Å². The van der Waals surface area contributed by atoms with Gasteiger partial charge in [-0.05, 0) is 31.4 Å². The fourth-order valence-electron chi connectivity index (χ4n) is 3.03. The minimum Gasteiger partial charge on any atom is -0.379 e. The Morgan fingerprint density at radius 2 is 2.00 bits per heavy atom. The molecule has 1 aromatic rings. The molecule has 25 heavy (non-hydrogen) atoms. The lowest BCUT2D eigenvalue weighted by Crippen LogP contribution is -2.40. The van der Waals surface area contributed by atoms with Crippen molar-refractivity contribution in [2.75, 3.05) is 31.6 Å². The zero-order valence-electron chi connectivity index (χ0n) is 13.8. The molecule has 0 spiro atoms. The number of allylic oxidation sites excluding steroid dienone is 1. The summed E-state index contributed by atoms with van der Waals surface area (Å²) in [4.78, 5) is 10.8. The highest BCUT2D eigenvalue weighted by molar-refractivity contribution is 7.89. The standard InChI is InChI=1S/C16H21N3O5S/c20-19(21)16-12-14(25(22,23)18-8-10-24-11-9-18)6-7-15(16)17-13-4-2-1-3-5-13/h1-2,6-7,12-13,17H,3-5,8-11H2. The summed E-state index contributed by atoms with van der Waals surface area (Å²) in [5.41, 5.74) is 0.134. The molecule has 136 valence electrons. The molecule has 1 aliphatic carbocycles. The molecule has 1 aliphatic heterocycles. The van der Waals surface area contributed by atoms with Crippen molar-refractivity contribution in [3.8, 4) is 0 Å². The average Bonchev–Trinajstić information content (AvgIpc) is 2.63. The number of rotatable bonds is 5. The fourth-order valence-corrected chi connectivity index (χ4v) is 4.45. The number of benzene rings is 1. The van der Waals surface area contributed by atoms with E-state index in [0.717, 1.165) is 25.3 Å². The molecule has 0 amide bonds. The smallest absolute Gasteiger partial charge is 0.293 e. The van der Waals surface area contributed by atoms with Crippen LogP contribution in [0.4, 0.5) is 11.4 Å². The van der Waals surface area contributed by atoms with E-state index in [9.17, 15) is 18.5 Å². The normalized spacial score (nSPS) is 21.8. The number of anilines is 1. The topological polar surface area (TPSA) is 102 Å². The van der Waals surface area contributed by atoms with E-state index in [1.54, 1.807) is 0 Å². The van der Waals surface area contributed by atoms with E-state index < -0.39 is 14.9 Å². The molecule has 0 radical (unpaired) electrons. The molecule has 9 heteroatoms. The second-order valence-electron chi connectivity index (χ2n) is 6.08. The molecule has 1 fully saturated rings. The van der Waals surface area contributed by atoms with Crippen LogP contribution < -0.4 is 5.32 Å². The Balaban J connectivity index is 1.88. The van der Waals surface area contributed by atoms with Crippen molar-refractivity contribution in [1.29, 1.82) is 0 Å². The monoisotopic (exact) mass is 367 g/mol. The van der Waals surface area contributed by atoms with Crippen LogP contribution in [-0.2, 0) is 14.8 Å². The molecule has 1 N–H and O–H groups in total. The number of nitro groups is 1. The van der Waals surface area contributed by atoms with Crippen LogP contribution in [0.5, 0.6) is 0 Å². The van der Waals surface area contributed by atoms with Gasteiger partial charge in [-0.1, -0.05) is 12.2 Å². The minimum atomic E-state index is -3.76. The van der Waals surface area contributed by atoms with Crippen molar-refractivity contribution in [1.82, 2.24) is 4.31 Å². The van der Waals surface area contributed by atoms with Crippen molar-refractivity contribution < 1.29 is 18.1 Å². The van der Waals surface area contributed by atoms with Gasteiger partial charge in [-0.3, -0.25) is 10.1 Å². The molecule has 0 saturated carbocycles. The highest BCUT2D eigenvalue weighted by Crippen LogP contribution is 2.31. The van der Waals surface area contributed by atoms with E-state index in [1.165, 1.54) is 16.4 Å². The van der Waals surface area contributed by atoms with Crippen molar-refractivity contribution in [2.24, 2.45) is 0 Å². The van der Waals surface area contributed by atoms with E-state index in [4.69, 9.17) is 4.74 Å². The Morgan fingerprint density at radius 3 is 2.64 bits per heavy atom. The third-order valence-corrected chi connectivity index (χ3v) is 6.30. The van der Waals surface area contributed by atoms with Crippen LogP contribution in [0.3, 0.4) is 0 Å². The van der Waals surface area contributed by atoms with Crippen LogP contribution in [0.15, 0.2) is 35.2 Å². The van der Waals surface area contributed by atoms with Gasteiger partial charge in [-0.2, -0.15) is 4.31 Å². The first-order chi connectivity index (χ1) is 12.0. The van der Waals surface area contributed by atoms with Gasteiger partial charge in [0, 0.05) is 25.2 Å². The van der Waals surface area contributed by atoms with Crippen LogP contribution in [0.1, 0.15) is 19.3 Å². The molecule has 2 aliphatic rings. The summed E-state index contributed by atoms with van der Waals surface area (Å²) in [7, 11) is -3.76. The molecule has 1 atom stereocenters. The van der Waals surface area contributed by atoms with Crippen LogP contribution >= 0.6 is 0 Å². The molecule has 1 heterocycles.